The fraction of sp³-hybridized carbons (Fsp3) is 0.250. The predicted molar refractivity (Wildman–Crippen MR) is 151 cm³/mol. The molecule has 38 heavy (non-hydrogen) atoms. The monoisotopic (exact) mass is 508 g/mol. The molecular weight excluding hydrogens is 476 g/mol. The van der Waals surface area contributed by atoms with Gasteiger partial charge in [0.05, 0.1) is 18.7 Å². The van der Waals surface area contributed by atoms with Crippen LogP contribution in [0.3, 0.4) is 0 Å². The Morgan fingerprint density at radius 2 is 1.71 bits per heavy atom. The van der Waals surface area contributed by atoms with E-state index < -0.39 is 17.7 Å². The van der Waals surface area contributed by atoms with Crippen molar-refractivity contribution in [2.24, 2.45) is 7.05 Å². The SMILES string of the molecule is COc1ccc(/C(O)=C2\C(=O)C(=O)N(c3ccc(C)c(C)c3)C2c2cn(C)c3ccccc23)cc1C(C)C. The van der Waals surface area contributed by atoms with E-state index in [0.29, 0.717) is 17.0 Å². The van der Waals surface area contributed by atoms with Crippen molar-refractivity contribution in [2.45, 2.75) is 39.7 Å². The summed E-state index contributed by atoms with van der Waals surface area (Å²) in [5, 5.41) is 12.6. The summed E-state index contributed by atoms with van der Waals surface area (Å²) < 4.78 is 7.49. The largest absolute Gasteiger partial charge is 0.507 e. The molecule has 1 aliphatic heterocycles. The number of fused-ring (bicyclic) bond motifs is 1. The highest BCUT2D eigenvalue weighted by atomic mass is 16.5. The fourth-order valence-corrected chi connectivity index (χ4v) is 5.35. The summed E-state index contributed by atoms with van der Waals surface area (Å²) >= 11 is 0. The molecule has 2 heterocycles. The summed E-state index contributed by atoms with van der Waals surface area (Å²) in [6, 6.07) is 18.1. The van der Waals surface area contributed by atoms with E-state index in [1.807, 2.05) is 94.0 Å². The zero-order chi connectivity index (χ0) is 27.3. The van der Waals surface area contributed by atoms with Gasteiger partial charge in [-0.2, -0.15) is 0 Å². The van der Waals surface area contributed by atoms with Gasteiger partial charge < -0.3 is 14.4 Å². The summed E-state index contributed by atoms with van der Waals surface area (Å²) in [6.45, 7) is 8.06. The number of carbonyl (C=O) groups excluding carboxylic acids is 2. The smallest absolute Gasteiger partial charge is 0.300 e. The first-order valence-electron chi connectivity index (χ1n) is 12.7. The van der Waals surface area contributed by atoms with Gasteiger partial charge in [-0.25, -0.2) is 0 Å². The molecule has 3 aromatic carbocycles. The molecule has 1 atom stereocenters. The first kappa shape index (κ1) is 25.3. The lowest BCUT2D eigenvalue weighted by Gasteiger charge is -2.25. The van der Waals surface area contributed by atoms with Gasteiger partial charge in [0.15, 0.2) is 0 Å². The lowest BCUT2D eigenvalue weighted by atomic mass is 9.92. The maximum atomic E-state index is 13.7. The van der Waals surface area contributed by atoms with Crippen LogP contribution in [0.1, 0.15) is 53.6 Å². The van der Waals surface area contributed by atoms with Crippen LogP contribution < -0.4 is 9.64 Å². The van der Waals surface area contributed by atoms with Crippen LogP contribution in [0.25, 0.3) is 16.7 Å². The van der Waals surface area contributed by atoms with Crippen molar-refractivity contribution >= 4 is 34.0 Å². The minimum Gasteiger partial charge on any atom is -0.507 e. The number of aryl methyl sites for hydroxylation is 3. The van der Waals surface area contributed by atoms with E-state index in [4.69, 9.17) is 4.74 Å². The minimum absolute atomic E-state index is 0.0736. The van der Waals surface area contributed by atoms with Gasteiger partial charge in [-0.05, 0) is 72.9 Å². The number of aromatic nitrogens is 1. The highest BCUT2D eigenvalue weighted by Crippen LogP contribution is 2.45. The maximum absolute atomic E-state index is 13.7. The summed E-state index contributed by atoms with van der Waals surface area (Å²) in [6.07, 6.45) is 1.94. The molecule has 1 saturated heterocycles. The highest BCUT2D eigenvalue weighted by molar-refractivity contribution is 6.52. The predicted octanol–water partition coefficient (Wildman–Crippen LogP) is 6.55. The van der Waals surface area contributed by atoms with Crippen LogP contribution >= 0.6 is 0 Å². The second kappa shape index (κ2) is 9.53. The van der Waals surface area contributed by atoms with Crippen LogP contribution in [-0.2, 0) is 16.6 Å². The molecule has 1 unspecified atom stereocenters. The zero-order valence-corrected chi connectivity index (χ0v) is 22.6. The van der Waals surface area contributed by atoms with Crippen molar-refractivity contribution in [2.75, 3.05) is 12.0 Å². The van der Waals surface area contributed by atoms with Gasteiger partial charge >= 0.3 is 0 Å². The molecule has 0 radical (unpaired) electrons. The third-order valence-electron chi connectivity index (χ3n) is 7.56. The van der Waals surface area contributed by atoms with E-state index in [9.17, 15) is 14.7 Å². The van der Waals surface area contributed by atoms with E-state index in [1.165, 1.54) is 4.90 Å². The number of rotatable bonds is 5. The van der Waals surface area contributed by atoms with Crippen LogP contribution in [0.4, 0.5) is 5.69 Å². The molecule has 0 bridgehead atoms. The molecule has 1 aromatic heterocycles. The number of amides is 1. The number of methoxy groups -OCH3 is 1. The van der Waals surface area contributed by atoms with E-state index in [0.717, 1.165) is 33.2 Å². The van der Waals surface area contributed by atoms with Gasteiger partial charge in [0.1, 0.15) is 11.5 Å². The standard InChI is InChI=1S/C32H32N2O4/c1-18(2)24-16-21(12-14-27(24)38-6)30(35)28-29(25-17-33(5)26-10-8-7-9-23(25)26)34(32(37)31(28)36)22-13-11-19(3)20(4)15-22/h7-18,29,35H,1-6H3/b30-28+. The summed E-state index contributed by atoms with van der Waals surface area (Å²) in [5.41, 5.74) is 5.91. The number of para-hydroxylation sites is 1. The molecule has 6 nitrogen and oxygen atoms in total. The molecule has 1 amide bonds. The molecule has 194 valence electrons. The number of benzene rings is 3. The molecule has 0 saturated carbocycles. The number of carbonyl (C=O) groups is 2. The second-order valence-corrected chi connectivity index (χ2v) is 10.3. The average molecular weight is 509 g/mol. The van der Waals surface area contributed by atoms with Crippen LogP contribution in [-0.4, -0.2) is 28.5 Å². The first-order chi connectivity index (χ1) is 18.1. The Morgan fingerprint density at radius 3 is 2.39 bits per heavy atom. The van der Waals surface area contributed by atoms with E-state index in [2.05, 4.69) is 0 Å². The van der Waals surface area contributed by atoms with Crippen LogP contribution in [0.15, 0.2) is 72.4 Å². The fourth-order valence-electron chi connectivity index (χ4n) is 5.35. The summed E-state index contributed by atoms with van der Waals surface area (Å²) in [5.74, 6) is -0.731. The molecule has 1 fully saturated rings. The minimum atomic E-state index is -0.798. The molecule has 1 aliphatic rings. The van der Waals surface area contributed by atoms with Crippen LogP contribution in [0, 0.1) is 13.8 Å². The number of aliphatic hydroxyl groups excluding tert-OH is 1. The molecule has 0 spiro atoms. The average Bonchev–Trinajstić information content (AvgIpc) is 3.38. The molecule has 0 aliphatic carbocycles. The first-order valence-corrected chi connectivity index (χ1v) is 12.7. The number of ether oxygens (including phenoxy) is 1. The Kier molecular flexibility index (Phi) is 6.35. The number of anilines is 1. The zero-order valence-electron chi connectivity index (χ0n) is 22.6. The Bertz CT molecular complexity index is 1630. The number of hydrogen-bond acceptors (Lipinski definition) is 4. The Labute approximate surface area is 222 Å². The van der Waals surface area contributed by atoms with Crippen LogP contribution in [0.2, 0.25) is 0 Å². The van der Waals surface area contributed by atoms with E-state index >= 15 is 0 Å². The third kappa shape index (κ3) is 3.97. The summed E-state index contributed by atoms with van der Waals surface area (Å²) in [4.78, 5) is 28.9. The number of hydrogen-bond donors (Lipinski definition) is 1. The number of nitrogens with zero attached hydrogens (tertiary/aromatic N) is 2. The van der Waals surface area contributed by atoms with E-state index in [1.54, 1.807) is 19.2 Å². The molecule has 6 heteroatoms. The normalized spacial score (nSPS) is 17.1. The molecule has 1 N–H and O–H groups in total. The second-order valence-electron chi connectivity index (χ2n) is 10.3. The molecule has 5 rings (SSSR count). The Balaban J connectivity index is 1.80. The topological polar surface area (TPSA) is 71.8 Å². The van der Waals surface area contributed by atoms with Crippen molar-refractivity contribution in [1.82, 2.24) is 4.57 Å². The summed E-state index contributed by atoms with van der Waals surface area (Å²) in [7, 11) is 3.54. The van der Waals surface area contributed by atoms with Gasteiger partial charge in [-0.1, -0.05) is 38.1 Å². The van der Waals surface area contributed by atoms with Crippen molar-refractivity contribution in [3.8, 4) is 5.75 Å². The van der Waals surface area contributed by atoms with E-state index in [-0.39, 0.29) is 17.3 Å². The van der Waals surface area contributed by atoms with Gasteiger partial charge in [-0.3, -0.25) is 14.5 Å². The number of aliphatic hydroxyl groups is 1. The lowest BCUT2D eigenvalue weighted by Crippen LogP contribution is -2.29. The Morgan fingerprint density at radius 1 is 0.974 bits per heavy atom. The maximum Gasteiger partial charge on any atom is 0.300 e. The molecular formula is C32H32N2O4. The van der Waals surface area contributed by atoms with Crippen molar-refractivity contribution in [1.29, 1.82) is 0 Å². The quantitative estimate of drug-likeness (QED) is 0.188. The van der Waals surface area contributed by atoms with Gasteiger partial charge in [0, 0.05) is 41.0 Å². The highest BCUT2D eigenvalue weighted by Gasteiger charge is 2.48. The van der Waals surface area contributed by atoms with Crippen molar-refractivity contribution < 1.29 is 19.4 Å². The van der Waals surface area contributed by atoms with Crippen molar-refractivity contribution in [3.63, 3.8) is 0 Å². The van der Waals surface area contributed by atoms with Crippen LogP contribution in [0.5, 0.6) is 5.75 Å². The molecule has 4 aromatic rings. The Hall–Kier alpha value is -4.32. The number of ketones is 1. The van der Waals surface area contributed by atoms with Gasteiger partial charge in [-0.15, -0.1) is 0 Å². The van der Waals surface area contributed by atoms with Gasteiger partial charge in [0.2, 0.25) is 0 Å². The third-order valence-corrected chi connectivity index (χ3v) is 7.56. The number of Topliss-reactive ketones (excluding diaryl/α,β-unsaturated/α-hetero) is 1. The lowest BCUT2D eigenvalue weighted by molar-refractivity contribution is -0.132. The van der Waals surface area contributed by atoms with Crippen molar-refractivity contribution in [3.05, 3.63) is 100 Å². The van der Waals surface area contributed by atoms with Gasteiger partial charge in [0.25, 0.3) is 11.7 Å².